The summed E-state index contributed by atoms with van der Waals surface area (Å²) in [7, 11) is 0. The van der Waals surface area contributed by atoms with Crippen LogP contribution in [0.25, 0.3) is 16.8 Å². The lowest BCUT2D eigenvalue weighted by molar-refractivity contribution is -0.139. The maximum Gasteiger partial charge on any atom is 0.419 e. The fraction of sp³-hybridized carbons (Fsp3) is 0.455. The van der Waals surface area contributed by atoms with Crippen LogP contribution in [0.15, 0.2) is 36.5 Å². The molecule has 3 atom stereocenters. The number of benzene rings is 1. The Morgan fingerprint density at radius 3 is 2.52 bits per heavy atom. The second-order valence-electron chi connectivity index (χ2n) is 8.31. The molecule has 2 bridgehead atoms. The van der Waals surface area contributed by atoms with Crippen molar-refractivity contribution in [3.63, 3.8) is 0 Å². The first kappa shape index (κ1) is 18.6. The molecular formula is C22H21F4N3. The van der Waals surface area contributed by atoms with Crippen LogP contribution in [0.1, 0.15) is 43.5 Å². The van der Waals surface area contributed by atoms with Crippen LogP contribution in [0.5, 0.6) is 0 Å². The SMILES string of the molecule is Fc1ccc(-c2cccn3nc(CC4[C@@H]5CCC[C@H]4CC5)nc23)cc1C(F)(F)F. The lowest BCUT2D eigenvalue weighted by Crippen LogP contribution is -2.22. The normalized spacial score (nSPS) is 24.3. The van der Waals surface area contributed by atoms with Crippen molar-refractivity contribution in [1.82, 2.24) is 14.6 Å². The highest BCUT2D eigenvalue weighted by Gasteiger charge is 2.39. The third kappa shape index (κ3) is 3.30. The zero-order valence-electron chi connectivity index (χ0n) is 15.8. The summed E-state index contributed by atoms with van der Waals surface area (Å²) in [5.74, 6) is 1.55. The molecular weight excluding hydrogens is 382 g/mol. The van der Waals surface area contributed by atoms with Gasteiger partial charge in [0.2, 0.25) is 0 Å². The van der Waals surface area contributed by atoms with Gasteiger partial charge in [0.15, 0.2) is 11.5 Å². The van der Waals surface area contributed by atoms with Gasteiger partial charge in [-0.3, -0.25) is 0 Å². The second kappa shape index (κ2) is 6.82. The van der Waals surface area contributed by atoms with Crippen LogP contribution in [0.2, 0.25) is 0 Å². The Morgan fingerprint density at radius 2 is 1.79 bits per heavy atom. The van der Waals surface area contributed by atoms with Crippen LogP contribution >= 0.6 is 0 Å². The number of hydrogen-bond donors (Lipinski definition) is 0. The molecule has 7 heteroatoms. The summed E-state index contributed by atoms with van der Waals surface area (Å²) in [4.78, 5) is 4.67. The van der Waals surface area contributed by atoms with Gasteiger partial charge >= 0.3 is 6.18 Å². The summed E-state index contributed by atoms with van der Waals surface area (Å²) < 4.78 is 54.7. The van der Waals surface area contributed by atoms with Gasteiger partial charge in [-0.1, -0.05) is 25.3 Å². The first-order valence-corrected chi connectivity index (χ1v) is 10.1. The van der Waals surface area contributed by atoms with Gasteiger partial charge in [0.25, 0.3) is 0 Å². The smallest absolute Gasteiger partial charge is 0.220 e. The van der Waals surface area contributed by atoms with Crippen LogP contribution in [0.4, 0.5) is 17.6 Å². The van der Waals surface area contributed by atoms with Crippen molar-refractivity contribution < 1.29 is 17.6 Å². The maximum absolute atomic E-state index is 13.7. The van der Waals surface area contributed by atoms with Gasteiger partial charge in [-0.2, -0.15) is 18.3 Å². The van der Waals surface area contributed by atoms with Crippen molar-refractivity contribution in [2.24, 2.45) is 17.8 Å². The highest BCUT2D eigenvalue weighted by molar-refractivity contribution is 5.77. The molecule has 3 nitrogen and oxygen atoms in total. The summed E-state index contributed by atoms with van der Waals surface area (Å²) in [5, 5.41) is 4.59. The predicted molar refractivity (Wildman–Crippen MR) is 101 cm³/mol. The van der Waals surface area contributed by atoms with Gasteiger partial charge in [-0.05, 0) is 60.4 Å². The van der Waals surface area contributed by atoms with Crippen molar-refractivity contribution in [2.45, 2.75) is 44.7 Å². The van der Waals surface area contributed by atoms with Crippen LogP contribution in [0, 0.1) is 23.6 Å². The standard InChI is InChI=1S/C22H21F4N3/c23-19-9-8-15(11-18(19)22(24,25)26)16-5-2-10-29-21(16)27-20(28-29)12-17-13-3-1-4-14(17)7-6-13/h2,5,8-11,13-14,17H,1,3-4,6-7,12H2/t13-,14+,17?. The van der Waals surface area contributed by atoms with E-state index in [0.29, 0.717) is 17.1 Å². The minimum Gasteiger partial charge on any atom is -0.220 e. The maximum atomic E-state index is 13.7. The second-order valence-corrected chi connectivity index (χ2v) is 8.31. The molecule has 2 saturated carbocycles. The van der Waals surface area contributed by atoms with Crippen LogP contribution in [0.3, 0.4) is 0 Å². The average Bonchev–Trinajstić information content (AvgIpc) is 3.17. The number of rotatable bonds is 3. The summed E-state index contributed by atoms with van der Waals surface area (Å²) in [6.45, 7) is 0. The van der Waals surface area contributed by atoms with Crippen molar-refractivity contribution in [1.29, 1.82) is 0 Å². The summed E-state index contributed by atoms with van der Waals surface area (Å²) in [5.41, 5.74) is 0.0327. The fourth-order valence-electron chi connectivity index (χ4n) is 5.32. The Hall–Kier alpha value is -2.44. The van der Waals surface area contributed by atoms with Crippen molar-refractivity contribution in [3.8, 4) is 11.1 Å². The Balaban J connectivity index is 1.52. The van der Waals surface area contributed by atoms with E-state index in [0.717, 1.165) is 36.2 Å². The van der Waals surface area contributed by atoms with Gasteiger partial charge < -0.3 is 0 Å². The molecule has 2 aliphatic carbocycles. The van der Waals surface area contributed by atoms with E-state index in [-0.39, 0.29) is 5.56 Å². The number of pyridine rings is 1. The highest BCUT2D eigenvalue weighted by Crippen LogP contribution is 2.48. The van der Waals surface area contributed by atoms with Gasteiger partial charge in [0.05, 0.1) is 5.56 Å². The number of nitrogens with zero attached hydrogens (tertiary/aromatic N) is 3. The molecule has 3 aromatic rings. The lowest BCUT2D eigenvalue weighted by Gasteiger charge is -2.29. The van der Waals surface area contributed by atoms with Gasteiger partial charge in [-0.25, -0.2) is 13.9 Å². The third-order valence-corrected chi connectivity index (χ3v) is 6.68. The lowest BCUT2D eigenvalue weighted by atomic mass is 9.77. The Labute approximate surface area is 165 Å². The van der Waals surface area contributed by atoms with Gasteiger partial charge in [0.1, 0.15) is 5.82 Å². The van der Waals surface area contributed by atoms with E-state index in [1.54, 1.807) is 22.8 Å². The number of alkyl halides is 3. The van der Waals surface area contributed by atoms with Crippen molar-refractivity contribution in [3.05, 3.63) is 53.7 Å². The molecule has 1 unspecified atom stereocenters. The molecule has 2 fully saturated rings. The van der Waals surface area contributed by atoms with Gasteiger partial charge in [-0.15, -0.1) is 0 Å². The minimum absolute atomic E-state index is 0.279. The van der Waals surface area contributed by atoms with Gasteiger partial charge in [0, 0.05) is 18.2 Å². The Morgan fingerprint density at radius 1 is 1.03 bits per heavy atom. The number of halogens is 4. The number of hydrogen-bond acceptors (Lipinski definition) is 2. The monoisotopic (exact) mass is 403 g/mol. The highest BCUT2D eigenvalue weighted by atomic mass is 19.4. The number of fused-ring (bicyclic) bond motifs is 3. The first-order chi connectivity index (χ1) is 13.9. The van der Waals surface area contributed by atoms with Crippen molar-refractivity contribution >= 4 is 5.65 Å². The topological polar surface area (TPSA) is 30.2 Å². The molecule has 2 heterocycles. The first-order valence-electron chi connectivity index (χ1n) is 10.1. The van der Waals surface area contributed by atoms with E-state index in [4.69, 9.17) is 0 Å². The Kier molecular flexibility index (Phi) is 4.37. The molecule has 2 aliphatic rings. The zero-order valence-corrected chi connectivity index (χ0v) is 15.8. The molecule has 0 spiro atoms. The predicted octanol–water partition coefficient (Wildman–Crippen LogP) is 5.92. The van der Waals surface area contributed by atoms with Crippen LogP contribution in [-0.4, -0.2) is 14.6 Å². The molecule has 0 N–H and O–H groups in total. The molecule has 2 aromatic heterocycles. The van der Waals surface area contributed by atoms with E-state index >= 15 is 0 Å². The molecule has 29 heavy (non-hydrogen) atoms. The minimum atomic E-state index is -4.75. The molecule has 0 aliphatic heterocycles. The van der Waals surface area contributed by atoms with Crippen LogP contribution in [-0.2, 0) is 12.6 Å². The third-order valence-electron chi connectivity index (χ3n) is 6.68. The summed E-state index contributed by atoms with van der Waals surface area (Å²) in [6, 6.07) is 6.49. The molecule has 5 rings (SSSR count). The average molecular weight is 403 g/mol. The zero-order chi connectivity index (χ0) is 20.2. The van der Waals surface area contributed by atoms with E-state index < -0.39 is 17.6 Å². The summed E-state index contributed by atoms with van der Waals surface area (Å²) >= 11 is 0. The fourth-order valence-corrected chi connectivity index (χ4v) is 5.32. The van der Waals surface area contributed by atoms with Crippen LogP contribution < -0.4 is 0 Å². The van der Waals surface area contributed by atoms with E-state index in [1.807, 2.05) is 0 Å². The van der Waals surface area contributed by atoms with Crippen molar-refractivity contribution in [2.75, 3.05) is 0 Å². The number of aromatic nitrogens is 3. The molecule has 0 saturated heterocycles. The van der Waals surface area contributed by atoms with E-state index in [2.05, 4.69) is 10.1 Å². The molecule has 0 amide bonds. The summed E-state index contributed by atoms with van der Waals surface area (Å²) in [6.07, 6.45) is 4.23. The molecule has 152 valence electrons. The molecule has 0 radical (unpaired) electrons. The largest absolute Gasteiger partial charge is 0.419 e. The Bertz CT molecular complexity index is 1040. The van der Waals surface area contributed by atoms with E-state index in [1.165, 1.54) is 38.2 Å². The molecule has 1 aromatic carbocycles. The quantitative estimate of drug-likeness (QED) is 0.508. The van der Waals surface area contributed by atoms with E-state index in [9.17, 15) is 17.6 Å².